The van der Waals surface area contributed by atoms with Gasteiger partial charge in [-0.1, -0.05) is 19.1 Å². The average Bonchev–Trinajstić information content (AvgIpc) is 3.40. The van der Waals surface area contributed by atoms with Crippen LogP contribution in [-0.2, 0) is 11.3 Å². The SMILES string of the molecule is CC1CCN(C(=O)c2cccc(NC(=O)CNc3cccc(C(=O)NCc4ccco4)c3)c2)CC1. The Morgan fingerprint density at radius 2 is 1.66 bits per heavy atom. The number of furan rings is 1. The van der Waals surface area contributed by atoms with E-state index in [9.17, 15) is 14.4 Å². The molecule has 0 saturated carbocycles. The summed E-state index contributed by atoms with van der Waals surface area (Å²) in [6.45, 7) is 4.05. The zero-order valence-electron chi connectivity index (χ0n) is 19.8. The Morgan fingerprint density at radius 3 is 2.40 bits per heavy atom. The topological polar surface area (TPSA) is 104 Å². The fourth-order valence-electron chi connectivity index (χ4n) is 3.96. The minimum Gasteiger partial charge on any atom is -0.467 e. The molecule has 1 fully saturated rings. The third-order valence-electron chi connectivity index (χ3n) is 6.05. The number of nitrogens with zero attached hydrogens (tertiary/aromatic N) is 1. The fourth-order valence-corrected chi connectivity index (χ4v) is 3.96. The third-order valence-corrected chi connectivity index (χ3v) is 6.05. The quantitative estimate of drug-likeness (QED) is 0.455. The number of benzene rings is 2. The summed E-state index contributed by atoms with van der Waals surface area (Å²) in [4.78, 5) is 39.6. The van der Waals surface area contributed by atoms with E-state index in [-0.39, 0.29) is 24.3 Å². The highest BCUT2D eigenvalue weighted by atomic mass is 16.3. The zero-order chi connectivity index (χ0) is 24.6. The molecule has 1 aliphatic heterocycles. The second kappa shape index (κ2) is 11.4. The monoisotopic (exact) mass is 474 g/mol. The van der Waals surface area contributed by atoms with Crippen molar-refractivity contribution in [3.8, 4) is 0 Å². The molecular formula is C27H30N4O4. The van der Waals surface area contributed by atoms with Gasteiger partial charge in [0.15, 0.2) is 0 Å². The van der Waals surface area contributed by atoms with Crippen molar-refractivity contribution in [1.29, 1.82) is 0 Å². The zero-order valence-corrected chi connectivity index (χ0v) is 19.8. The van der Waals surface area contributed by atoms with Crippen LogP contribution in [0.4, 0.5) is 11.4 Å². The van der Waals surface area contributed by atoms with Crippen molar-refractivity contribution in [3.63, 3.8) is 0 Å². The number of carbonyl (C=O) groups is 3. The number of likely N-dealkylation sites (tertiary alicyclic amines) is 1. The predicted molar refractivity (Wildman–Crippen MR) is 134 cm³/mol. The molecule has 0 aliphatic carbocycles. The second-order valence-corrected chi connectivity index (χ2v) is 8.80. The largest absolute Gasteiger partial charge is 0.467 e. The molecule has 0 atom stereocenters. The van der Waals surface area contributed by atoms with Crippen molar-refractivity contribution < 1.29 is 18.8 Å². The minimum absolute atomic E-state index is 0.00624. The molecule has 35 heavy (non-hydrogen) atoms. The summed E-state index contributed by atoms with van der Waals surface area (Å²) in [5, 5.41) is 8.66. The van der Waals surface area contributed by atoms with Crippen LogP contribution in [0.25, 0.3) is 0 Å². The van der Waals surface area contributed by atoms with Crippen molar-refractivity contribution in [2.24, 2.45) is 5.92 Å². The van der Waals surface area contributed by atoms with Gasteiger partial charge in [0.2, 0.25) is 5.91 Å². The Hall–Kier alpha value is -4.07. The lowest BCUT2D eigenvalue weighted by molar-refractivity contribution is -0.114. The lowest BCUT2D eigenvalue weighted by Crippen LogP contribution is -2.37. The van der Waals surface area contributed by atoms with E-state index in [0.29, 0.717) is 40.7 Å². The van der Waals surface area contributed by atoms with Crippen molar-refractivity contribution in [1.82, 2.24) is 10.2 Å². The molecule has 2 heterocycles. The molecular weight excluding hydrogens is 444 g/mol. The number of carbonyl (C=O) groups excluding carboxylic acids is 3. The Morgan fingerprint density at radius 1 is 0.943 bits per heavy atom. The van der Waals surface area contributed by atoms with Crippen LogP contribution >= 0.6 is 0 Å². The van der Waals surface area contributed by atoms with Crippen LogP contribution in [0.5, 0.6) is 0 Å². The summed E-state index contributed by atoms with van der Waals surface area (Å²) in [6, 6.07) is 17.5. The van der Waals surface area contributed by atoms with Gasteiger partial charge in [0.05, 0.1) is 19.4 Å². The van der Waals surface area contributed by atoms with Crippen molar-refractivity contribution in [3.05, 3.63) is 83.8 Å². The summed E-state index contributed by atoms with van der Waals surface area (Å²) in [5.74, 6) is 0.816. The molecule has 0 unspecified atom stereocenters. The van der Waals surface area contributed by atoms with Crippen LogP contribution in [0.2, 0.25) is 0 Å². The average molecular weight is 475 g/mol. The van der Waals surface area contributed by atoms with Gasteiger partial charge >= 0.3 is 0 Å². The normalized spacial score (nSPS) is 13.8. The fraction of sp³-hybridized carbons (Fsp3) is 0.296. The molecule has 182 valence electrons. The predicted octanol–water partition coefficient (Wildman–Crippen LogP) is 4.13. The maximum Gasteiger partial charge on any atom is 0.253 e. The van der Waals surface area contributed by atoms with E-state index in [1.54, 1.807) is 66.9 Å². The molecule has 8 nitrogen and oxygen atoms in total. The first-order valence-corrected chi connectivity index (χ1v) is 11.8. The van der Waals surface area contributed by atoms with E-state index in [0.717, 1.165) is 25.9 Å². The third kappa shape index (κ3) is 6.72. The molecule has 0 bridgehead atoms. The lowest BCUT2D eigenvalue weighted by atomic mass is 9.98. The number of rotatable bonds is 8. The Labute approximate surface area is 204 Å². The molecule has 3 amide bonds. The van der Waals surface area contributed by atoms with Gasteiger partial charge in [0, 0.05) is 35.6 Å². The molecule has 1 saturated heterocycles. The van der Waals surface area contributed by atoms with E-state index >= 15 is 0 Å². The van der Waals surface area contributed by atoms with Crippen LogP contribution in [0.3, 0.4) is 0 Å². The van der Waals surface area contributed by atoms with Crippen molar-refractivity contribution in [2.45, 2.75) is 26.3 Å². The molecule has 0 radical (unpaired) electrons. The highest BCUT2D eigenvalue weighted by molar-refractivity contribution is 5.98. The summed E-state index contributed by atoms with van der Waals surface area (Å²) >= 11 is 0. The van der Waals surface area contributed by atoms with Gasteiger partial charge in [-0.05, 0) is 67.3 Å². The number of anilines is 2. The van der Waals surface area contributed by atoms with Gasteiger partial charge in [-0.15, -0.1) is 0 Å². The first-order valence-electron chi connectivity index (χ1n) is 11.8. The smallest absolute Gasteiger partial charge is 0.253 e. The number of piperidine rings is 1. The van der Waals surface area contributed by atoms with Gasteiger partial charge in [0.25, 0.3) is 11.8 Å². The molecule has 4 rings (SSSR count). The molecule has 3 N–H and O–H groups in total. The molecule has 0 spiro atoms. The second-order valence-electron chi connectivity index (χ2n) is 8.80. The Balaban J connectivity index is 1.28. The number of amides is 3. The summed E-state index contributed by atoms with van der Waals surface area (Å²) < 4.78 is 5.22. The van der Waals surface area contributed by atoms with Crippen LogP contribution in [0.1, 0.15) is 46.2 Å². The summed E-state index contributed by atoms with van der Waals surface area (Å²) in [6.07, 6.45) is 3.58. The Bertz CT molecular complexity index is 1170. The molecule has 1 aliphatic rings. The van der Waals surface area contributed by atoms with Crippen LogP contribution in [0, 0.1) is 5.92 Å². The van der Waals surface area contributed by atoms with E-state index in [1.807, 2.05) is 4.90 Å². The van der Waals surface area contributed by atoms with Gasteiger partial charge in [-0.2, -0.15) is 0 Å². The molecule has 3 aromatic rings. The highest BCUT2D eigenvalue weighted by Gasteiger charge is 2.21. The number of nitrogens with one attached hydrogen (secondary N) is 3. The minimum atomic E-state index is -0.255. The van der Waals surface area contributed by atoms with Crippen LogP contribution in [0.15, 0.2) is 71.3 Å². The molecule has 2 aromatic carbocycles. The summed E-state index contributed by atoms with van der Waals surface area (Å²) in [5.41, 5.74) is 2.26. The van der Waals surface area contributed by atoms with E-state index in [1.165, 1.54) is 0 Å². The van der Waals surface area contributed by atoms with Gasteiger partial charge in [-0.3, -0.25) is 14.4 Å². The maximum atomic E-state index is 12.8. The first-order chi connectivity index (χ1) is 17.0. The lowest BCUT2D eigenvalue weighted by Gasteiger charge is -2.30. The first kappa shape index (κ1) is 24.1. The van der Waals surface area contributed by atoms with Gasteiger partial charge in [-0.25, -0.2) is 0 Å². The van der Waals surface area contributed by atoms with E-state index < -0.39 is 0 Å². The molecule has 1 aromatic heterocycles. The molecule has 8 heteroatoms. The number of hydrogen-bond donors (Lipinski definition) is 3. The standard InChI is InChI=1S/C27H30N4O4/c1-19-10-12-31(13-11-19)27(34)21-6-3-8-23(16-21)30-25(32)18-28-22-7-2-5-20(15-22)26(33)29-17-24-9-4-14-35-24/h2-9,14-16,19,28H,10-13,17-18H2,1H3,(H,29,33)(H,30,32). The summed E-state index contributed by atoms with van der Waals surface area (Å²) in [7, 11) is 0. The Kier molecular flexibility index (Phi) is 7.82. The maximum absolute atomic E-state index is 12.8. The van der Waals surface area contributed by atoms with Crippen LogP contribution < -0.4 is 16.0 Å². The van der Waals surface area contributed by atoms with Crippen molar-refractivity contribution >= 4 is 29.1 Å². The highest BCUT2D eigenvalue weighted by Crippen LogP contribution is 2.20. The number of hydrogen-bond acceptors (Lipinski definition) is 5. The van der Waals surface area contributed by atoms with E-state index in [4.69, 9.17) is 4.42 Å². The van der Waals surface area contributed by atoms with E-state index in [2.05, 4.69) is 22.9 Å². The van der Waals surface area contributed by atoms with Crippen molar-refractivity contribution in [2.75, 3.05) is 30.3 Å². The van der Waals surface area contributed by atoms with Gasteiger partial charge < -0.3 is 25.3 Å². The van der Waals surface area contributed by atoms with Crippen LogP contribution in [-0.4, -0.2) is 42.3 Å². The van der Waals surface area contributed by atoms with Gasteiger partial charge in [0.1, 0.15) is 5.76 Å².